The normalized spacial score (nSPS) is 17.8. The van der Waals surface area contributed by atoms with Gasteiger partial charge in [0.05, 0.1) is 21.7 Å². The molecule has 0 aliphatic carbocycles. The number of carbonyl (C=O) groups is 2. The van der Waals surface area contributed by atoms with Gasteiger partial charge < -0.3 is 21.5 Å². The lowest BCUT2D eigenvalue weighted by Gasteiger charge is -2.36. The number of nitrogens with two attached hydrogens (primary N) is 2. The number of Topliss-reactive ketones (excluding diaryl/α,β-unsaturated/α-hetero) is 1. The average molecular weight is 311 g/mol. The summed E-state index contributed by atoms with van der Waals surface area (Å²) >= 11 is 1.22. The molecule has 7 heteroatoms. The van der Waals surface area contributed by atoms with Crippen LogP contribution in [0.2, 0.25) is 0 Å². The molecule has 116 valence electrons. The second kappa shape index (κ2) is 5.65. The van der Waals surface area contributed by atoms with Gasteiger partial charge in [-0.25, -0.2) is 0 Å². The first-order chi connectivity index (χ1) is 9.76. The number of hydrogen-bond donors (Lipinski definition) is 3. The van der Waals surface area contributed by atoms with Gasteiger partial charge in [-0.1, -0.05) is 6.92 Å². The fourth-order valence-corrected chi connectivity index (χ4v) is 3.74. The van der Waals surface area contributed by atoms with Crippen LogP contribution in [0.3, 0.4) is 0 Å². The summed E-state index contributed by atoms with van der Waals surface area (Å²) in [6, 6.07) is 0. The van der Waals surface area contributed by atoms with Crippen LogP contribution in [0.1, 0.15) is 53.1 Å². The molecule has 0 bridgehead atoms. The van der Waals surface area contributed by atoms with Crippen LogP contribution in [-0.4, -0.2) is 35.5 Å². The predicted molar refractivity (Wildman–Crippen MR) is 83.9 cm³/mol. The Morgan fingerprint density at radius 3 is 2.43 bits per heavy atom. The van der Waals surface area contributed by atoms with Gasteiger partial charge in [0.2, 0.25) is 0 Å². The maximum Gasteiger partial charge on any atom is 0.253 e. The van der Waals surface area contributed by atoms with E-state index in [9.17, 15) is 14.7 Å². The van der Waals surface area contributed by atoms with E-state index in [1.54, 1.807) is 13.8 Å². The summed E-state index contributed by atoms with van der Waals surface area (Å²) in [7, 11) is 0. The predicted octanol–water partition coefficient (Wildman–Crippen LogP) is 1.37. The van der Waals surface area contributed by atoms with E-state index in [0.717, 1.165) is 0 Å². The number of hydrogen-bond acceptors (Lipinski definition) is 6. The van der Waals surface area contributed by atoms with Crippen molar-refractivity contribution in [3.05, 3.63) is 10.4 Å². The van der Waals surface area contributed by atoms with Crippen LogP contribution in [-0.2, 0) is 0 Å². The van der Waals surface area contributed by atoms with Crippen molar-refractivity contribution in [2.24, 2.45) is 5.73 Å². The van der Waals surface area contributed by atoms with Gasteiger partial charge >= 0.3 is 0 Å². The fraction of sp³-hybridized carbons (Fsp3) is 0.571. The maximum absolute atomic E-state index is 11.9. The monoisotopic (exact) mass is 311 g/mol. The second-order valence-corrected chi connectivity index (χ2v) is 6.65. The highest BCUT2D eigenvalue weighted by atomic mass is 32.1. The number of nitrogen functional groups attached to an aromatic ring is 1. The largest absolute Gasteiger partial charge is 0.397 e. The average Bonchev–Trinajstić information content (AvgIpc) is 2.75. The van der Waals surface area contributed by atoms with Crippen LogP contribution in [0.5, 0.6) is 0 Å². The van der Waals surface area contributed by atoms with Gasteiger partial charge in [-0.2, -0.15) is 0 Å². The summed E-state index contributed by atoms with van der Waals surface area (Å²) in [5.74, 6) is -0.707. The Bertz CT molecular complexity index is 570. The van der Waals surface area contributed by atoms with E-state index in [1.807, 2.05) is 4.90 Å². The van der Waals surface area contributed by atoms with E-state index in [4.69, 9.17) is 11.5 Å². The minimum atomic E-state index is -0.686. The number of piperidine rings is 1. The number of anilines is 2. The molecule has 1 saturated heterocycles. The van der Waals surface area contributed by atoms with Crippen LogP contribution < -0.4 is 16.4 Å². The molecular weight excluding hydrogens is 290 g/mol. The molecule has 1 aromatic rings. The lowest BCUT2D eigenvalue weighted by molar-refractivity contribution is 0.0352. The van der Waals surface area contributed by atoms with Crippen LogP contribution in [0.25, 0.3) is 0 Å². The number of rotatable bonds is 4. The lowest BCUT2D eigenvalue weighted by Crippen LogP contribution is -2.42. The molecule has 0 atom stereocenters. The molecule has 2 rings (SSSR count). The van der Waals surface area contributed by atoms with E-state index >= 15 is 0 Å². The molecular formula is C14H21N3O3S. The van der Waals surface area contributed by atoms with Gasteiger partial charge in [-0.15, -0.1) is 11.3 Å². The molecule has 0 spiro atoms. The summed E-state index contributed by atoms with van der Waals surface area (Å²) in [5.41, 5.74) is 11.1. The van der Waals surface area contributed by atoms with Crippen LogP contribution in [0, 0.1) is 0 Å². The molecule has 21 heavy (non-hydrogen) atoms. The SMILES string of the molecule is CCC(=O)c1sc(N2CCC(C)(O)CC2)c(C(N)=O)c1N. The van der Waals surface area contributed by atoms with Gasteiger partial charge in [0.1, 0.15) is 5.00 Å². The van der Waals surface area contributed by atoms with E-state index in [1.165, 1.54) is 11.3 Å². The molecule has 5 N–H and O–H groups in total. The molecule has 1 aromatic heterocycles. The molecule has 1 aliphatic heterocycles. The third-order valence-corrected chi connectivity index (χ3v) is 5.18. The first-order valence-electron chi connectivity index (χ1n) is 6.99. The summed E-state index contributed by atoms with van der Waals surface area (Å²) in [4.78, 5) is 26.0. The topological polar surface area (TPSA) is 110 Å². The third-order valence-electron chi connectivity index (χ3n) is 3.88. The van der Waals surface area contributed by atoms with Gasteiger partial charge in [0.25, 0.3) is 5.91 Å². The number of aliphatic hydroxyl groups is 1. The fourth-order valence-electron chi connectivity index (χ4n) is 2.45. The summed E-state index contributed by atoms with van der Waals surface area (Å²) < 4.78 is 0. The first-order valence-corrected chi connectivity index (χ1v) is 7.81. The zero-order valence-electron chi connectivity index (χ0n) is 12.3. The van der Waals surface area contributed by atoms with Crippen molar-refractivity contribution in [1.82, 2.24) is 0 Å². The van der Waals surface area contributed by atoms with Crippen molar-refractivity contribution in [1.29, 1.82) is 0 Å². The molecule has 0 radical (unpaired) electrons. The van der Waals surface area contributed by atoms with Crippen molar-refractivity contribution in [3.8, 4) is 0 Å². The summed E-state index contributed by atoms with van der Waals surface area (Å²) in [6.45, 7) is 4.76. The Kier molecular flexibility index (Phi) is 4.25. The molecule has 1 fully saturated rings. The van der Waals surface area contributed by atoms with Gasteiger partial charge in [0, 0.05) is 19.5 Å². The third kappa shape index (κ3) is 3.03. The van der Waals surface area contributed by atoms with Crippen molar-refractivity contribution in [2.45, 2.75) is 38.7 Å². The summed E-state index contributed by atoms with van der Waals surface area (Å²) in [6.07, 6.45) is 1.52. The van der Waals surface area contributed by atoms with Crippen molar-refractivity contribution >= 4 is 33.7 Å². The number of ketones is 1. The minimum absolute atomic E-state index is 0.0877. The standard InChI is InChI=1S/C14H21N3O3S/c1-3-8(18)11-10(15)9(12(16)19)13(21-11)17-6-4-14(2,20)5-7-17/h20H,3-7,15H2,1-2H3,(H2,16,19). The van der Waals surface area contributed by atoms with Crippen molar-refractivity contribution in [3.63, 3.8) is 0 Å². The Morgan fingerprint density at radius 1 is 1.38 bits per heavy atom. The zero-order valence-corrected chi connectivity index (χ0v) is 13.1. The molecule has 0 aromatic carbocycles. The van der Waals surface area contributed by atoms with Crippen LogP contribution in [0.4, 0.5) is 10.7 Å². The second-order valence-electron chi connectivity index (χ2n) is 5.65. The number of carbonyl (C=O) groups excluding carboxylic acids is 2. The molecule has 2 heterocycles. The minimum Gasteiger partial charge on any atom is -0.397 e. The number of thiophene rings is 1. The van der Waals surface area contributed by atoms with Crippen molar-refractivity contribution in [2.75, 3.05) is 23.7 Å². The highest BCUT2D eigenvalue weighted by molar-refractivity contribution is 7.19. The van der Waals surface area contributed by atoms with Crippen molar-refractivity contribution < 1.29 is 14.7 Å². The van der Waals surface area contributed by atoms with Gasteiger partial charge in [0.15, 0.2) is 5.78 Å². The Balaban J connectivity index is 2.39. The zero-order chi connectivity index (χ0) is 15.8. The Hall–Kier alpha value is -1.60. The molecule has 1 amide bonds. The molecule has 0 unspecified atom stereocenters. The van der Waals surface area contributed by atoms with Crippen LogP contribution >= 0.6 is 11.3 Å². The smallest absolute Gasteiger partial charge is 0.253 e. The Morgan fingerprint density at radius 2 is 1.95 bits per heavy atom. The highest BCUT2D eigenvalue weighted by Crippen LogP contribution is 2.40. The molecule has 0 saturated carbocycles. The number of nitrogens with zero attached hydrogens (tertiary/aromatic N) is 1. The van der Waals surface area contributed by atoms with E-state index < -0.39 is 11.5 Å². The lowest BCUT2D eigenvalue weighted by atomic mass is 9.94. The molecule has 1 aliphatic rings. The number of amides is 1. The Labute approximate surface area is 127 Å². The summed E-state index contributed by atoms with van der Waals surface area (Å²) in [5, 5.41) is 10.7. The van der Waals surface area contributed by atoms with E-state index in [0.29, 0.717) is 42.2 Å². The number of primary amides is 1. The first kappa shape index (κ1) is 15.8. The van der Waals surface area contributed by atoms with E-state index in [2.05, 4.69) is 0 Å². The van der Waals surface area contributed by atoms with Gasteiger partial charge in [-0.05, 0) is 19.8 Å². The van der Waals surface area contributed by atoms with Gasteiger partial charge in [-0.3, -0.25) is 9.59 Å². The quantitative estimate of drug-likeness (QED) is 0.728. The van der Waals surface area contributed by atoms with Crippen LogP contribution in [0.15, 0.2) is 0 Å². The van der Waals surface area contributed by atoms with E-state index in [-0.39, 0.29) is 17.0 Å². The highest BCUT2D eigenvalue weighted by Gasteiger charge is 2.32. The maximum atomic E-state index is 11.9. The molecule has 6 nitrogen and oxygen atoms in total.